The fourth-order valence-electron chi connectivity index (χ4n) is 3.81. The largest absolute Gasteiger partial charge is 0.372 e. The monoisotopic (exact) mass is 352 g/mol. The summed E-state index contributed by atoms with van der Waals surface area (Å²) in [5.41, 5.74) is 4.78. The van der Waals surface area contributed by atoms with E-state index in [2.05, 4.69) is 36.6 Å². The Morgan fingerprint density at radius 3 is 2.56 bits per heavy atom. The van der Waals surface area contributed by atoms with Crippen LogP contribution in [0.4, 0.5) is 11.4 Å². The first-order chi connectivity index (χ1) is 11.9. The Labute approximate surface area is 153 Å². The Morgan fingerprint density at radius 1 is 1.04 bits per heavy atom. The Balaban J connectivity index is 1.89. The summed E-state index contributed by atoms with van der Waals surface area (Å²) in [5.74, 6) is 0.207. The van der Waals surface area contributed by atoms with Gasteiger partial charge in [0.1, 0.15) is 0 Å². The van der Waals surface area contributed by atoms with Gasteiger partial charge in [0.25, 0.3) is 0 Å². The standard InChI is InChI=1S/C21H21ClN2O/c1-21(2)11-17-19(18(25)12-21)20(13-6-4-3-5-7-13)24-16-10-14(22)8-9-15(16)23-17/h3-10,20,23-24H,11-12H2,1-2H3/t20-/m0/s1. The molecule has 4 heteroatoms. The molecule has 0 unspecified atom stereocenters. The van der Waals surface area contributed by atoms with Gasteiger partial charge >= 0.3 is 0 Å². The third-order valence-corrected chi connectivity index (χ3v) is 5.14. The Kier molecular flexibility index (Phi) is 3.84. The van der Waals surface area contributed by atoms with Crippen molar-refractivity contribution >= 4 is 28.8 Å². The summed E-state index contributed by atoms with van der Waals surface area (Å²) in [7, 11) is 0. The van der Waals surface area contributed by atoms with Crippen LogP contribution >= 0.6 is 11.6 Å². The zero-order chi connectivity index (χ0) is 17.6. The molecule has 0 fully saturated rings. The van der Waals surface area contributed by atoms with Crippen LogP contribution in [0.2, 0.25) is 5.02 Å². The van der Waals surface area contributed by atoms with Gasteiger partial charge in [-0.05, 0) is 35.6 Å². The third kappa shape index (κ3) is 3.05. The number of halogens is 1. The average Bonchev–Trinajstić information content (AvgIpc) is 2.70. The number of hydrogen-bond donors (Lipinski definition) is 2. The molecule has 0 spiro atoms. The van der Waals surface area contributed by atoms with E-state index in [0.717, 1.165) is 34.6 Å². The van der Waals surface area contributed by atoms with Crippen molar-refractivity contribution in [2.24, 2.45) is 5.41 Å². The van der Waals surface area contributed by atoms with Crippen LogP contribution in [-0.4, -0.2) is 5.78 Å². The zero-order valence-corrected chi connectivity index (χ0v) is 15.2. The van der Waals surface area contributed by atoms with E-state index in [-0.39, 0.29) is 17.2 Å². The second kappa shape index (κ2) is 5.92. The first-order valence-electron chi connectivity index (χ1n) is 8.57. The van der Waals surface area contributed by atoms with E-state index in [1.165, 1.54) is 0 Å². The predicted octanol–water partition coefficient (Wildman–Crippen LogP) is 5.56. The smallest absolute Gasteiger partial charge is 0.163 e. The number of anilines is 2. The second-order valence-corrected chi connectivity index (χ2v) is 8.07. The molecule has 25 heavy (non-hydrogen) atoms. The van der Waals surface area contributed by atoms with E-state index < -0.39 is 0 Å². The van der Waals surface area contributed by atoms with Gasteiger partial charge in [0.2, 0.25) is 0 Å². The van der Waals surface area contributed by atoms with Gasteiger partial charge < -0.3 is 10.6 Å². The lowest BCUT2D eigenvalue weighted by Gasteiger charge is -2.34. The van der Waals surface area contributed by atoms with Crippen LogP contribution in [0, 0.1) is 5.41 Å². The van der Waals surface area contributed by atoms with E-state index >= 15 is 0 Å². The van der Waals surface area contributed by atoms with Crippen molar-refractivity contribution in [1.82, 2.24) is 0 Å². The molecular weight excluding hydrogens is 332 g/mol. The number of nitrogens with one attached hydrogen (secondary N) is 2. The van der Waals surface area contributed by atoms with Gasteiger partial charge in [0.15, 0.2) is 5.78 Å². The highest BCUT2D eigenvalue weighted by Gasteiger charge is 2.38. The number of ketones is 1. The van der Waals surface area contributed by atoms with Crippen molar-refractivity contribution in [2.45, 2.75) is 32.7 Å². The van der Waals surface area contributed by atoms with E-state index in [1.54, 1.807) is 0 Å². The summed E-state index contributed by atoms with van der Waals surface area (Å²) < 4.78 is 0. The minimum atomic E-state index is -0.174. The lowest BCUT2D eigenvalue weighted by Crippen LogP contribution is -2.31. The minimum absolute atomic E-state index is 0.0406. The Morgan fingerprint density at radius 2 is 1.80 bits per heavy atom. The summed E-state index contributed by atoms with van der Waals surface area (Å²) >= 11 is 6.20. The molecule has 1 aliphatic heterocycles. The molecular formula is C21H21ClN2O. The summed E-state index contributed by atoms with van der Waals surface area (Å²) in [5, 5.41) is 7.73. The molecule has 2 aliphatic rings. The topological polar surface area (TPSA) is 41.1 Å². The lowest BCUT2D eigenvalue weighted by molar-refractivity contribution is -0.118. The van der Waals surface area contributed by atoms with Crippen molar-refractivity contribution < 1.29 is 4.79 Å². The van der Waals surface area contributed by atoms with E-state index in [9.17, 15) is 4.79 Å². The number of carbonyl (C=O) groups excluding carboxylic acids is 1. The van der Waals surface area contributed by atoms with Gasteiger partial charge in [0.05, 0.1) is 17.4 Å². The van der Waals surface area contributed by atoms with Crippen molar-refractivity contribution in [3.05, 3.63) is 70.4 Å². The molecule has 2 aromatic rings. The normalized spacial score (nSPS) is 21.6. The van der Waals surface area contributed by atoms with Crippen molar-refractivity contribution in [3.8, 4) is 0 Å². The van der Waals surface area contributed by atoms with Gasteiger partial charge in [-0.15, -0.1) is 0 Å². The predicted molar refractivity (Wildman–Crippen MR) is 103 cm³/mol. The Bertz CT molecular complexity index is 871. The third-order valence-electron chi connectivity index (χ3n) is 4.91. The first-order valence-corrected chi connectivity index (χ1v) is 8.95. The molecule has 0 aromatic heterocycles. The van der Waals surface area contributed by atoms with Gasteiger partial charge in [0, 0.05) is 22.7 Å². The summed E-state index contributed by atoms with van der Waals surface area (Å²) in [6.45, 7) is 4.30. The molecule has 0 saturated heterocycles. The lowest BCUT2D eigenvalue weighted by atomic mass is 9.73. The molecule has 4 rings (SSSR count). The molecule has 1 aliphatic carbocycles. The van der Waals surface area contributed by atoms with E-state index in [0.29, 0.717) is 11.4 Å². The van der Waals surface area contributed by atoms with Crippen LogP contribution in [0.15, 0.2) is 59.8 Å². The van der Waals surface area contributed by atoms with Crippen molar-refractivity contribution in [3.63, 3.8) is 0 Å². The molecule has 2 aromatic carbocycles. The number of rotatable bonds is 1. The van der Waals surface area contributed by atoms with Gasteiger partial charge in [-0.25, -0.2) is 0 Å². The number of hydrogen-bond acceptors (Lipinski definition) is 3. The number of benzene rings is 2. The Hall–Kier alpha value is -2.26. The van der Waals surface area contributed by atoms with Crippen LogP contribution < -0.4 is 10.6 Å². The maximum atomic E-state index is 13.0. The number of carbonyl (C=O) groups is 1. The maximum Gasteiger partial charge on any atom is 0.163 e. The molecule has 128 valence electrons. The number of allylic oxidation sites excluding steroid dienone is 1. The van der Waals surface area contributed by atoms with Crippen molar-refractivity contribution in [1.29, 1.82) is 0 Å². The van der Waals surface area contributed by atoms with Crippen molar-refractivity contribution in [2.75, 3.05) is 10.6 Å². The molecule has 0 radical (unpaired) electrons. The van der Waals surface area contributed by atoms with Crippen LogP contribution in [0.3, 0.4) is 0 Å². The minimum Gasteiger partial charge on any atom is -0.372 e. The quantitative estimate of drug-likeness (QED) is 0.705. The van der Waals surface area contributed by atoms with Crippen LogP contribution in [0.25, 0.3) is 0 Å². The molecule has 1 atom stereocenters. The van der Waals surface area contributed by atoms with E-state index in [4.69, 9.17) is 11.6 Å². The molecule has 0 amide bonds. The highest BCUT2D eigenvalue weighted by atomic mass is 35.5. The van der Waals surface area contributed by atoms with E-state index in [1.807, 2.05) is 36.4 Å². The molecule has 0 bridgehead atoms. The number of Topliss-reactive ketones (excluding diaryl/α,β-unsaturated/α-hetero) is 1. The summed E-state index contributed by atoms with van der Waals surface area (Å²) in [6, 6.07) is 15.7. The van der Waals surface area contributed by atoms with Gasteiger partial charge in [-0.2, -0.15) is 0 Å². The zero-order valence-electron chi connectivity index (χ0n) is 14.4. The second-order valence-electron chi connectivity index (χ2n) is 7.64. The highest BCUT2D eigenvalue weighted by molar-refractivity contribution is 6.31. The average molecular weight is 353 g/mol. The molecule has 3 nitrogen and oxygen atoms in total. The first kappa shape index (κ1) is 16.2. The van der Waals surface area contributed by atoms with Crippen LogP contribution in [-0.2, 0) is 4.79 Å². The summed E-state index contributed by atoms with van der Waals surface area (Å²) in [4.78, 5) is 13.0. The highest BCUT2D eigenvalue weighted by Crippen LogP contribution is 2.45. The van der Waals surface area contributed by atoms with Gasteiger partial charge in [-0.3, -0.25) is 4.79 Å². The molecule has 0 saturated carbocycles. The maximum absolute atomic E-state index is 13.0. The van der Waals surface area contributed by atoms with Crippen LogP contribution in [0.5, 0.6) is 0 Å². The van der Waals surface area contributed by atoms with Gasteiger partial charge in [-0.1, -0.05) is 55.8 Å². The SMILES string of the molecule is CC1(C)CC(=O)C2=C(C1)Nc1ccc(Cl)cc1N[C@H]2c1ccccc1. The van der Waals surface area contributed by atoms with Crippen LogP contribution in [0.1, 0.15) is 38.3 Å². The fraction of sp³-hybridized carbons (Fsp3) is 0.286. The summed E-state index contributed by atoms with van der Waals surface area (Å²) in [6.07, 6.45) is 1.41. The molecule has 2 N–H and O–H groups in total. The molecule has 1 heterocycles. The fourth-order valence-corrected chi connectivity index (χ4v) is 3.98. The number of fused-ring (bicyclic) bond motifs is 1.